The molecule has 0 aromatic heterocycles. The van der Waals surface area contributed by atoms with Crippen LogP contribution in [-0.2, 0) is 0 Å². The Labute approximate surface area is 56.7 Å². The van der Waals surface area contributed by atoms with Gasteiger partial charge < -0.3 is 5.11 Å². The van der Waals surface area contributed by atoms with Gasteiger partial charge in [-0.05, 0) is 20.3 Å². The topological polar surface area (TPSA) is 20.2 Å². The lowest BCUT2D eigenvalue weighted by atomic mass is 10.1. The van der Waals surface area contributed by atoms with Gasteiger partial charge in [0.2, 0.25) is 0 Å². The van der Waals surface area contributed by atoms with Gasteiger partial charge in [0, 0.05) is 0 Å². The van der Waals surface area contributed by atoms with Gasteiger partial charge in [0.25, 0.3) is 0 Å². The first-order valence-corrected chi connectivity index (χ1v) is 3.13. The number of aliphatic hydroxyl groups excluding tert-OH is 1. The van der Waals surface area contributed by atoms with Crippen LogP contribution < -0.4 is 0 Å². The van der Waals surface area contributed by atoms with Crippen LogP contribution >= 0.6 is 0 Å². The number of aliphatic hydroxyl groups is 1. The molecule has 0 aliphatic carbocycles. The summed E-state index contributed by atoms with van der Waals surface area (Å²) >= 11 is 0. The molecule has 0 saturated heterocycles. The van der Waals surface area contributed by atoms with Crippen LogP contribution in [-0.4, -0.2) is 11.2 Å². The predicted molar refractivity (Wildman–Crippen MR) is 40.3 cm³/mol. The molecule has 52 valence electrons. The van der Waals surface area contributed by atoms with Crippen molar-refractivity contribution in [1.29, 1.82) is 0 Å². The molecule has 0 fully saturated rings. The van der Waals surface area contributed by atoms with Gasteiger partial charge >= 0.3 is 0 Å². The highest BCUT2D eigenvalue weighted by Gasteiger charge is 1.98. The summed E-state index contributed by atoms with van der Waals surface area (Å²) < 4.78 is 0. The van der Waals surface area contributed by atoms with E-state index in [-0.39, 0.29) is 6.10 Å². The standard InChI is InChI=1S/C8H14O/c1-4-5-6-8(9)7(2)3/h4-5,8-9H,2,6H2,1,3H3/b5-4+. The molecule has 0 saturated carbocycles. The van der Waals surface area contributed by atoms with Crippen LogP contribution in [0.1, 0.15) is 20.3 Å². The summed E-state index contributed by atoms with van der Waals surface area (Å²) in [5.74, 6) is 0. The zero-order valence-corrected chi connectivity index (χ0v) is 6.09. The fourth-order valence-electron chi connectivity index (χ4n) is 0.466. The van der Waals surface area contributed by atoms with E-state index in [1.165, 1.54) is 0 Å². The molecule has 1 unspecified atom stereocenters. The Bertz CT molecular complexity index is 114. The van der Waals surface area contributed by atoms with Gasteiger partial charge in [-0.15, -0.1) is 0 Å². The minimum Gasteiger partial charge on any atom is -0.388 e. The van der Waals surface area contributed by atoms with Crippen LogP contribution in [0, 0.1) is 0 Å². The number of hydrogen-bond acceptors (Lipinski definition) is 1. The quantitative estimate of drug-likeness (QED) is 0.572. The van der Waals surface area contributed by atoms with Crippen LogP contribution in [0.2, 0.25) is 0 Å². The van der Waals surface area contributed by atoms with Gasteiger partial charge in [-0.2, -0.15) is 0 Å². The third kappa shape index (κ3) is 3.98. The van der Waals surface area contributed by atoms with Gasteiger partial charge in [0.05, 0.1) is 6.10 Å². The van der Waals surface area contributed by atoms with Crippen molar-refractivity contribution in [3.05, 3.63) is 24.3 Å². The molecule has 0 bridgehead atoms. The average Bonchev–Trinajstić information content (AvgIpc) is 1.82. The molecular formula is C8H14O. The van der Waals surface area contributed by atoms with E-state index in [2.05, 4.69) is 6.58 Å². The van der Waals surface area contributed by atoms with Gasteiger partial charge in [0.15, 0.2) is 0 Å². The van der Waals surface area contributed by atoms with Crippen molar-refractivity contribution < 1.29 is 5.11 Å². The van der Waals surface area contributed by atoms with Crippen molar-refractivity contribution in [3.8, 4) is 0 Å². The fourth-order valence-corrected chi connectivity index (χ4v) is 0.466. The van der Waals surface area contributed by atoms with Gasteiger partial charge in [-0.1, -0.05) is 24.3 Å². The van der Waals surface area contributed by atoms with E-state index in [9.17, 15) is 0 Å². The minimum atomic E-state index is -0.360. The zero-order valence-electron chi connectivity index (χ0n) is 6.09. The molecule has 0 heterocycles. The first kappa shape index (κ1) is 8.44. The normalized spacial score (nSPS) is 14.1. The predicted octanol–water partition coefficient (Wildman–Crippen LogP) is 1.89. The number of rotatable bonds is 3. The number of hydrogen-bond donors (Lipinski definition) is 1. The van der Waals surface area contributed by atoms with Crippen molar-refractivity contribution in [2.75, 3.05) is 0 Å². The summed E-state index contributed by atoms with van der Waals surface area (Å²) in [4.78, 5) is 0. The van der Waals surface area contributed by atoms with Crippen LogP contribution in [0.3, 0.4) is 0 Å². The minimum absolute atomic E-state index is 0.360. The maximum absolute atomic E-state index is 9.11. The van der Waals surface area contributed by atoms with Gasteiger partial charge in [-0.3, -0.25) is 0 Å². The Hall–Kier alpha value is -0.560. The molecule has 1 nitrogen and oxygen atoms in total. The molecule has 0 aliphatic heterocycles. The lowest BCUT2D eigenvalue weighted by molar-refractivity contribution is 0.215. The summed E-state index contributed by atoms with van der Waals surface area (Å²) in [6, 6.07) is 0. The molecule has 0 rings (SSSR count). The number of allylic oxidation sites excluding steroid dienone is 1. The Kier molecular flexibility index (Phi) is 4.06. The lowest BCUT2D eigenvalue weighted by Gasteiger charge is -2.04. The Balaban J connectivity index is 3.50. The van der Waals surface area contributed by atoms with E-state index in [0.717, 1.165) is 5.57 Å². The molecule has 0 aliphatic rings. The van der Waals surface area contributed by atoms with Crippen LogP contribution in [0.25, 0.3) is 0 Å². The van der Waals surface area contributed by atoms with Crippen molar-refractivity contribution in [1.82, 2.24) is 0 Å². The third-order valence-corrected chi connectivity index (χ3v) is 1.16. The third-order valence-electron chi connectivity index (χ3n) is 1.16. The maximum atomic E-state index is 9.11. The van der Waals surface area contributed by atoms with Crippen LogP contribution in [0.4, 0.5) is 0 Å². The van der Waals surface area contributed by atoms with E-state index in [0.29, 0.717) is 6.42 Å². The zero-order chi connectivity index (χ0) is 7.28. The van der Waals surface area contributed by atoms with Crippen molar-refractivity contribution in [2.24, 2.45) is 0 Å². The second kappa shape index (κ2) is 4.33. The monoisotopic (exact) mass is 126 g/mol. The molecule has 0 aromatic rings. The van der Waals surface area contributed by atoms with Crippen LogP contribution in [0.15, 0.2) is 24.3 Å². The molecule has 1 heteroatoms. The molecule has 1 N–H and O–H groups in total. The second-order valence-electron chi connectivity index (χ2n) is 2.17. The first-order valence-electron chi connectivity index (χ1n) is 3.13. The Morgan fingerprint density at radius 1 is 1.78 bits per heavy atom. The highest BCUT2D eigenvalue weighted by atomic mass is 16.3. The Morgan fingerprint density at radius 2 is 2.33 bits per heavy atom. The van der Waals surface area contributed by atoms with E-state index in [4.69, 9.17) is 5.11 Å². The molecule has 0 radical (unpaired) electrons. The van der Waals surface area contributed by atoms with Crippen molar-refractivity contribution in [3.63, 3.8) is 0 Å². The summed E-state index contributed by atoms with van der Waals surface area (Å²) in [5, 5.41) is 9.11. The average molecular weight is 126 g/mol. The second-order valence-corrected chi connectivity index (χ2v) is 2.17. The van der Waals surface area contributed by atoms with E-state index < -0.39 is 0 Å². The van der Waals surface area contributed by atoms with Gasteiger partial charge in [0.1, 0.15) is 0 Å². The Morgan fingerprint density at radius 3 is 2.67 bits per heavy atom. The lowest BCUT2D eigenvalue weighted by Crippen LogP contribution is -2.04. The molecule has 9 heavy (non-hydrogen) atoms. The van der Waals surface area contributed by atoms with E-state index in [1.54, 1.807) is 0 Å². The summed E-state index contributed by atoms with van der Waals surface area (Å²) in [6.45, 7) is 7.39. The highest BCUT2D eigenvalue weighted by molar-refractivity contribution is 5.00. The van der Waals surface area contributed by atoms with E-state index >= 15 is 0 Å². The molecule has 0 amide bonds. The largest absolute Gasteiger partial charge is 0.388 e. The smallest absolute Gasteiger partial charge is 0.0779 e. The summed E-state index contributed by atoms with van der Waals surface area (Å²) in [5.41, 5.74) is 0.827. The highest BCUT2D eigenvalue weighted by Crippen LogP contribution is 2.02. The molecule has 0 spiro atoms. The van der Waals surface area contributed by atoms with E-state index in [1.807, 2.05) is 26.0 Å². The summed E-state index contributed by atoms with van der Waals surface area (Å²) in [7, 11) is 0. The maximum Gasteiger partial charge on any atom is 0.0779 e. The van der Waals surface area contributed by atoms with Gasteiger partial charge in [-0.25, -0.2) is 0 Å². The fraction of sp³-hybridized carbons (Fsp3) is 0.500. The van der Waals surface area contributed by atoms with Crippen molar-refractivity contribution >= 4 is 0 Å². The van der Waals surface area contributed by atoms with Crippen LogP contribution in [0.5, 0.6) is 0 Å². The SMILES string of the molecule is C=C(C)C(O)C/C=C/C. The molecule has 0 aromatic carbocycles. The van der Waals surface area contributed by atoms with Crippen molar-refractivity contribution in [2.45, 2.75) is 26.4 Å². The molecule has 1 atom stereocenters. The first-order chi connectivity index (χ1) is 4.18. The summed E-state index contributed by atoms with van der Waals surface area (Å²) in [6.07, 6.45) is 4.18. The molecular weight excluding hydrogens is 112 g/mol.